The van der Waals surface area contributed by atoms with Gasteiger partial charge in [0.05, 0.1) is 28.7 Å². The van der Waals surface area contributed by atoms with Crippen molar-refractivity contribution in [2.75, 3.05) is 5.32 Å². The van der Waals surface area contributed by atoms with E-state index in [0.717, 1.165) is 6.21 Å². The van der Waals surface area contributed by atoms with Crippen molar-refractivity contribution in [3.63, 3.8) is 0 Å². The molecule has 32 heavy (non-hydrogen) atoms. The van der Waals surface area contributed by atoms with E-state index < -0.39 is 27.0 Å². The van der Waals surface area contributed by atoms with Crippen LogP contribution in [0.1, 0.15) is 29.8 Å². The van der Waals surface area contributed by atoms with Gasteiger partial charge >= 0.3 is 0 Å². The number of hydrogen-bond acceptors (Lipinski definition) is 9. The summed E-state index contributed by atoms with van der Waals surface area (Å²) in [6.45, 7) is 0. The number of nitrogens with zero attached hydrogens (tertiary/aromatic N) is 5. The third-order valence-corrected chi connectivity index (χ3v) is 7.11. The van der Waals surface area contributed by atoms with E-state index in [4.69, 9.17) is 5.41 Å². The van der Waals surface area contributed by atoms with Crippen molar-refractivity contribution in [3.8, 4) is 17.3 Å². The second-order valence-corrected chi connectivity index (χ2v) is 9.86. The Hall–Kier alpha value is -3.28. The van der Waals surface area contributed by atoms with E-state index in [9.17, 15) is 22.5 Å². The fraction of sp³-hybridized carbons (Fsp3) is 0.278. The van der Waals surface area contributed by atoms with E-state index in [0.29, 0.717) is 35.4 Å². The molecule has 3 aromatic rings. The molecule has 1 aliphatic carbocycles. The normalized spacial score (nSPS) is 14.8. The van der Waals surface area contributed by atoms with Crippen molar-refractivity contribution in [1.29, 1.82) is 10.7 Å². The van der Waals surface area contributed by atoms with Gasteiger partial charge in [-0.15, -0.1) is 10.2 Å². The largest absolute Gasteiger partial charge is 0.340 e. The summed E-state index contributed by atoms with van der Waals surface area (Å²) in [6, 6.07) is 4.58. The molecule has 1 saturated carbocycles. The molecule has 0 saturated heterocycles. The molecule has 3 N–H and O–H groups in total. The van der Waals surface area contributed by atoms with Crippen LogP contribution in [-0.4, -0.2) is 39.9 Å². The molecule has 1 aromatic carbocycles. The number of aromatic nitrogens is 4. The number of sulfonamides is 1. The first kappa shape index (κ1) is 21.9. The third-order valence-electron chi connectivity index (χ3n) is 4.75. The molecule has 10 nitrogen and oxygen atoms in total. The van der Waals surface area contributed by atoms with Crippen LogP contribution in [0.5, 0.6) is 0 Å². The Morgan fingerprint density at radius 1 is 1.38 bits per heavy atom. The number of anilines is 2. The lowest BCUT2D eigenvalue weighted by Crippen LogP contribution is -2.35. The average molecular weight is 479 g/mol. The van der Waals surface area contributed by atoms with Crippen molar-refractivity contribution < 1.29 is 17.2 Å². The lowest BCUT2D eigenvalue weighted by Gasteiger charge is -2.16. The molecule has 2 aromatic heterocycles. The molecule has 0 aliphatic heterocycles. The summed E-state index contributed by atoms with van der Waals surface area (Å²) in [6.07, 6.45) is 2.17. The van der Waals surface area contributed by atoms with Crippen LogP contribution < -0.4 is 10.0 Å². The standard InChI is InChI=1S/C18H16F2N8O2S2/c1-28-7-14(23-9-28)11-4-10(32(29,30)27-18(8-22)2-3-18)5-13(12(11)6-21)24-17-26-25-16(31-17)15(19)20/h4-7,9,15,21,27H,2-3H2,1H3,(H,24,26). The molecule has 0 bridgehead atoms. The van der Waals surface area contributed by atoms with Gasteiger partial charge in [-0.3, -0.25) is 0 Å². The van der Waals surface area contributed by atoms with Crippen molar-refractivity contribution in [1.82, 2.24) is 24.5 Å². The van der Waals surface area contributed by atoms with Crippen LogP contribution in [0.15, 0.2) is 29.6 Å². The SMILES string of the molecule is Cn1cnc(-c2cc(S(=O)(=O)NC3(C#N)CC3)cc(Nc3nnc(C(F)F)s3)c2C=N)c1. The van der Waals surface area contributed by atoms with E-state index in [1.54, 1.807) is 17.8 Å². The van der Waals surface area contributed by atoms with Gasteiger partial charge in [0, 0.05) is 30.6 Å². The number of alkyl halides is 2. The van der Waals surface area contributed by atoms with Crippen LogP contribution in [0.4, 0.5) is 19.6 Å². The summed E-state index contributed by atoms with van der Waals surface area (Å²) in [4.78, 5) is 4.06. The number of aryl methyl sites for hydroxylation is 1. The average Bonchev–Trinajstić information content (AvgIpc) is 3.13. The highest BCUT2D eigenvalue weighted by molar-refractivity contribution is 7.89. The summed E-state index contributed by atoms with van der Waals surface area (Å²) < 4.78 is 55.9. The maximum absolute atomic E-state index is 13.0. The molecule has 0 spiro atoms. The number of benzene rings is 1. The predicted octanol–water partition coefficient (Wildman–Crippen LogP) is 2.95. The zero-order valence-corrected chi connectivity index (χ0v) is 18.1. The smallest absolute Gasteiger partial charge is 0.291 e. The maximum atomic E-state index is 13.0. The monoisotopic (exact) mass is 478 g/mol. The Morgan fingerprint density at radius 2 is 2.12 bits per heavy atom. The quantitative estimate of drug-likeness (QED) is 0.421. The molecule has 166 valence electrons. The van der Waals surface area contributed by atoms with Crippen LogP contribution in [0.25, 0.3) is 11.3 Å². The van der Waals surface area contributed by atoms with Gasteiger partial charge in [-0.1, -0.05) is 11.3 Å². The van der Waals surface area contributed by atoms with Crippen LogP contribution in [0, 0.1) is 16.7 Å². The molecule has 1 aliphatic rings. The highest BCUT2D eigenvalue weighted by Gasteiger charge is 2.47. The second-order valence-electron chi connectivity index (χ2n) is 7.17. The van der Waals surface area contributed by atoms with E-state index in [-0.39, 0.29) is 21.3 Å². The first-order valence-corrected chi connectivity index (χ1v) is 11.5. The van der Waals surface area contributed by atoms with E-state index in [1.807, 2.05) is 6.07 Å². The summed E-state index contributed by atoms with van der Waals surface area (Å²) >= 11 is 0.611. The van der Waals surface area contributed by atoms with Crippen LogP contribution >= 0.6 is 11.3 Å². The third kappa shape index (κ3) is 4.22. The number of nitriles is 1. The maximum Gasteiger partial charge on any atom is 0.291 e. The Bertz CT molecular complexity index is 1340. The summed E-state index contributed by atoms with van der Waals surface area (Å²) in [7, 11) is -2.38. The predicted molar refractivity (Wildman–Crippen MR) is 113 cm³/mol. The van der Waals surface area contributed by atoms with Crippen LogP contribution in [-0.2, 0) is 17.1 Å². The Kier molecular flexibility index (Phi) is 5.49. The van der Waals surface area contributed by atoms with Gasteiger partial charge in [0.25, 0.3) is 6.43 Å². The fourth-order valence-electron chi connectivity index (χ4n) is 2.97. The zero-order chi connectivity index (χ0) is 23.1. The molecule has 0 atom stereocenters. The first-order chi connectivity index (χ1) is 15.2. The van der Waals surface area contributed by atoms with Gasteiger partial charge in [-0.25, -0.2) is 22.2 Å². The summed E-state index contributed by atoms with van der Waals surface area (Å²) in [5.41, 5.74) is 0.00743. The minimum atomic E-state index is -4.11. The fourth-order valence-corrected chi connectivity index (χ4v) is 5.01. The number of halogens is 2. The van der Waals surface area contributed by atoms with Crippen LogP contribution in [0.3, 0.4) is 0 Å². The summed E-state index contributed by atoms with van der Waals surface area (Å²) in [5.74, 6) is 0. The van der Waals surface area contributed by atoms with Crippen molar-refractivity contribution >= 4 is 38.4 Å². The van der Waals surface area contributed by atoms with Crippen molar-refractivity contribution in [2.45, 2.75) is 29.7 Å². The van der Waals surface area contributed by atoms with Gasteiger partial charge in [0.15, 0.2) is 5.01 Å². The van der Waals surface area contributed by atoms with E-state index in [2.05, 4.69) is 25.2 Å². The van der Waals surface area contributed by atoms with Gasteiger partial charge < -0.3 is 15.3 Å². The molecule has 14 heteroatoms. The molecular formula is C18H16F2N8O2S2. The molecule has 0 amide bonds. The molecule has 4 rings (SSSR count). The second kappa shape index (κ2) is 8.01. The van der Waals surface area contributed by atoms with Crippen LogP contribution in [0.2, 0.25) is 0 Å². The van der Waals surface area contributed by atoms with Gasteiger partial charge in [0.2, 0.25) is 15.2 Å². The lowest BCUT2D eigenvalue weighted by atomic mass is 10.0. The molecular weight excluding hydrogens is 462 g/mol. The van der Waals surface area contributed by atoms with Gasteiger partial charge in [0.1, 0.15) is 5.54 Å². The van der Waals surface area contributed by atoms with E-state index in [1.165, 1.54) is 18.5 Å². The molecule has 0 radical (unpaired) electrons. The Balaban J connectivity index is 1.84. The minimum Gasteiger partial charge on any atom is -0.340 e. The number of rotatable bonds is 8. The molecule has 2 heterocycles. The zero-order valence-electron chi connectivity index (χ0n) is 16.5. The highest BCUT2D eigenvalue weighted by atomic mass is 32.2. The van der Waals surface area contributed by atoms with E-state index >= 15 is 0 Å². The van der Waals surface area contributed by atoms with Crippen molar-refractivity contribution in [2.24, 2.45) is 7.05 Å². The topological polar surface area (TPSA) is 149 Å². The molecule has 0 unspecified atom stereocenters. The number of nitrogens with one attached hydrogen (secondary N) is 3. The summed E-state index contributed by atoms with van der Waals surface area (Å²) in [5, 5.41) is 26.5. The highest BCUT2D eigenvalue weighted by Crippen LogP contribution is 2.38. The van der Waals surface area contributed by atoms with Crippen molar-refractivity contribution in [3.05, 3.63) is 35.2 Å². The molecule has 1 fully saturated rings. The lowest BCUT2D eigenvalue weighted by molar-refractivity contribution is 0.150. The number of imidazole rings is 1. The number of hydrogen-bond donors (Lipinski definition) is 3. The Morgan fingerprint density at radius 3 is 2.66 bits per heavy atom. The van der Waals surface area contributed by atoms with Gasteiger partial charge in [-0.2, -0.15) is 9.98 Å². The minimum absolute atomic E-state index is 0.00793. The Labute approximate surface area is 185 Å². The first-order valence-electron chi connectivity index (χ1n) is 9.17. The van der Waals surface area contributed by atoms with Gasteiger partial charge in [-0.05, 0) is 25.0 Å².